The minimum atomic E-state index is -3.37. The molecular weight excluding hydrogens is 260 g/mol. The quantitative estimate of drug-likeness (QED) is 0.920. The van der Waals surface area contributed by atoms with E-state index in [2.05, 4.69) is 4.72 Å². The average Bonchev–Trinajstić information content (AvgIpc) is 2.39. The summed E-state index contributed by atoms with van der Waals surface area (Å²) in [7, 11) is -3.37. The van der Waals surface area contributed by atoms with Gasteiger partial charge < -0.3 is 0 Å². The second-order valence-electron chi connectivity index (χ2n) is 5.04. The maximum absolute atomic E-state index is 12.1. The molecule has 19 heavy (non-hydrogen) atoms. The molecule has 0 saturated heterocycles. The molecule has 4 nitrogen and oxygen atoms in total. The lowest BCUT2D eigenvalue weighted by Crippen LogP contribution is -2.24. The minimum absolute atomic E-state index is 0.159. The van der Waals surface area contributed by atoms with E-state index in [1.54, 1.807) is 24.3 Å². The Morgan fingerprint density at radius 3 is 2.58 bits per heavy atom. The number of nitrogens with one attached hydrogen (secondary N) is 1. The van der Waals surface area contributed by atoms with Gasteiger partial charge in [0.1, 0.15) is 6.07 Å². The lowest BCUT2D eigenvalue weighted by atomic mass is 9.91. The molecule has 0 bridgehead atoms. The summed E-state index contributed by atoms with van der Waals surface area (Å²) >= 11 is 0. The van der Waals surface area contributed by atoms with Gasteiger partial charge in [-0.05, 0) is 30.9 Å². The largest absolute Gasteiger partial charge is 0.282 e. The zero-order chi connectivity index (χ0) is 13.7. The summed E-state index contributed by atoms with van der Waals surface area (Å²) in [5.41, 5.74) is 0.732. The molecule has 2 rings (SSSR count). The van der Waals surface area contributed by atoms with E-state index in [1.807, 2.05) is 6.07 Å². The molecule has 5 heteroatoms. The van der Waals surface area contributed by atoms with Gasteiger partial charge in [-0.15, -0.1) is 0 Å². The highest BCUT2D eigenvalue weighted by molar-refractivity contribution is 7.92. The van der Waals surface area contributed by atoms with Crippen LogP contribution in [0.3, 0.4) is 0 Å². The Hall–Kier alpha value is -1.54. The summed E-state index contributed by atoms with van der Waals surface area (Å²) in [5, 5.41) is 8.95. The van der Waals surface area contributed by atoms with E-state index in [0.717, 1.165) is 25.7 Å². The van der Waals surface area contributed by atoms with E-state index in [9.17, 15) is 8.42 Å². The van der Waals surface area contributed by atoms with Crippen LogP contribution in [0, 0.1) is 17.2 Å². The molecule has 0 atom stereocenters. The summed E-state index contributed by atoms with van der Waals surface area (Å²) in [6, 6.07) is 8.67. The second-order valence-corrected chi connectivity index (χ2v) is 6.81. The Bertz CT molecular complexity index is 569. The van der Waals surface area contributed by atoms with Gasteiger partial charge in [0.2, 0.25) is 10.0 Å². The van der Waals surface area contributed by atoms with Gasteiger partial charge in [0.15, 0.2) is 0 Å². The third kappa shape index (κ3) is 3.97. The fourth-order valence-corrected chi connectivity index (χ4v) is 4.09. The van der Waals surface area contributed by atoms with Crippen molar-refractivity contribution >= 4 is 15.7 Å². The van der Waals surface area contributed by atoms with Gasteiger partial charge >= 0.3 is 0 Å². The summed E-state index contributed by atoms with van der Waals surface area (Å²) in [5.74, 6) is 0.410. The number of hydrogen-bond donors (Lipinski definition) is 1. The molecule has 102 valence electrons. The molecule has 0 amide bonds. The monoisotopic (exact) mass is 278 g/mol. The molecule has 0 radical (unpaired) electrons. The van der Waals surface area contributed by atoms with Crippen LogP contribution in [-0.2, 0) is 10.0 Å². The second kappa shape index (κ2) is 6.07. The van der Waals surface area contributed by atoms with Crippen molar-refractivity contribution in [3.63, 3.8) is 0 Å². The first-order valence-electron chi connectivity index (χ1n) is 6.60. The van der Waals surface area contributed by atoms with Crippen LogP contribution < -0.4 is 4.72 Å². The molecular formula is C14H18N2O2S. The number of benzene rings is 1. The predicted molar refractivity (Wildman–Crippen MR) is 75.1 cm³/mol. The van der Waals surface area contributed by atoms with E-state index in [-0.39, 0.29) is 11.7 Å². The van der Waals surface area contributed by atoms with Crippen LogP contribution in [0.15, 0.2) is 24.3 Å². The summed E-state index contributed by atoms with van der Waals surface area (Å²) < 4.78 is 26.8. The van der Waals surface area contributed by atoms with Crippen molar-refractivity contribution < 1.29 is 8.42 Å². The van der Waals surface area contributed by atoms with Crippen molar-refractivity contribution in [3.8, 4) is 6.07 Å². The Morgan fingerprint density at radius 1 is 1.21 bits per heavy atom. The number of nitrogens with zero attached hydrogens (tertiary/aromatic N) is 1. The first-order valence-corrected chi connectivity index (χ1v) is 8.25. The number of para-hydroxylation sites is 1. The molecule has 0 unspecified atom stereocenters. The zero-order valence-corrected chi connectivity index (χ0v) is 11.6. The van der Waals surface area contributed by atoms with Crippen molar-refractivity contribution in [2.24, 2.45) is 5.92 Å². The number of sulfonamides is 1. The molecule has 1 aliphatic carbocycles. The average molecular weight is 278 g/mol. The lowest BCUT2D eigenvalue weighted by Gasteiger charge is -2.21. The molecule has 1 fully saturated rings. The van der Waals surface area contributed by atoms with Crippen molar-refractivity contribution in [2.75, 3.05) is 10.5 Å². The highest BCUT2D eigenvalue weighted by Crippen LogP contribution is 2.25. The van der Waals surface area contributed by atoms with Gasteiger partial charge in [0.05, 0.1) is 17.0 Å². The predicted octanol–water partition coefficient (Wildman–Crippen LogP) is 2.88. The van der Waals surface area contributed by atoms with Gasteiger partial charge in [-0.3, -0.25) is 4.72 Å². The molecule has 1 aliphatic rings. The first kappa shape index (κ1) is 13.9. The van der Waals surface area contributed by atoms with Crippen LogP contribution >= 0.6 is 0 Å². The number of anilines is 1. The fourth-order valence-electron chi connectivity index (χ4n) is 2.54. The Balaban J connectivity index is 2.06. The normalized spacial score (nSPS) is 16.8. The summed E-state index contributed by atoms with van der Waals surface area (Å²) in [4.78, 5) is 0. The van der Waals surface area contributed by atoms with E-state index >= 15 is 0 Å². The zero-order valence-electron chi connectivity index (χ0n) is 10.8. The topological polar surface area (TPSA) is 70.0 Å². The van der Waals surface area contributed by atoms with Gasteiger partial charge in [-0.1, -0.05) is 31.4 Å². The van der Waals surface area contributed by atoms with Gasteiger partial charge in [-0.2, -0.15) is 5.26 Å². The van der Waals surface area contributed by atoms with E-state index in [4.69, 9.17) is 5.26 Å². The van der Waals surface area contributed by atoms with Crippen LogP contribution in [0.4, 0.5) is 5.69 Å². The first-order chi connectivity index (χ1) is 9.11. The van der Waals surface area contributed by atoms with Gasteiger partial charge in [-0.25, -0.2) is 8.42 Å². The molecule has 0 aromatic heterocycles. The Labute approximate surface area is 114 Å². The smallest absolute Gasteiger partial charge is 0.233 e. The van der Waals surface area contributed by atoms with Crippen molar-refractivity contribution in [1.29, 1.82) is 5.26 Å². The van der Waals surface area contributed by atoms with E-state index in [0.29, 0.717) is 11.3 Å². The molecule has 1 N–H and O–H groups in total. The maximum atomic E-state index is 12.1. The molecule has 0 spiro atoms. The Morgan fingerprint density at radius 2 is 1.89 bits per heavy atom. The molecule has 1 aromatic rings. The van der Waals surface area contributed by atoms with Crippen LogP contribution in [0.25, 0.3) is 0 Å². The molecule has 1 saturated carbocycles. The fraction of sp³-hybridized carbons (Fsp3) is 0.500. The molecule has 0 heterocycles. The van der Waals surface area contributed by atoms with Gasteiger partial charge in [0.25, 0.3) is 0 Å². The maximum Gasteiger partial charge on any atom is 0.233 e. The van der Waals surface area contributed by atoms with Crippen LogP contribution in [0.1, 0.15) is 37.7 Å². The van der Waals surface area contributed by atoms with Crippen molar-refractivity contribution in [1.82, 2.24) is 0 Å². The molecule has 0 aliphatic heterocycles. The van der Waals surface area contributed by atoms with Crippen molar-refractivity contribution in [2.45, 2.75) is 32.1 Å². The molecule has 1 aromatic carbocycles. The number of rotatable bonds is 4. The van der Waals surface area contributed by atoms with Gasteiger partial charge in [0, 0.05) is 0 Å². The lowest BCUT2D eigenvalue weighted by molar-refractivity contribution is 0.385. The minimum Gasteiger partial charge on any atom is -0.282 e. The van der Waals surface area contributed by atoms with Crippen molar-refractivity contribution in [3.05, 3.63) is 29.8 Å². The highest BCUT2D eigenvalue weighted by atomic mass is 32.2. The van der Waals surface area contributed by atoms with E-state index in [1.165, 1.54) is 6.42 Å². The number of nitriles is 1. The third-order valence-electron chi connectivity index (χ3n) is 3.49. The van der Waals surface area contributed by atoms with Crippen LogP contribution in [-0.4, -0.2) is 14.2 Å². The van der Waals surface area contributed by atoms with Crippen LogP contribution in [0.5, 0.6) is 0 Å². The summed E-state index contributed by atoms with van der Waals surface area (Å²) in [6.07, 6.45) is 5.42. The summed E-state index contributed by atoms with van der Waals surface area (Å²) in [6.45, 7) is 0. The Kier molecular flexibility index (Phi) is 4.43. The SMILES string of the molecule is N#Cc1ccccc1NS(=O)(=O)CC1CCCCC1. The highest BCUT2D eigenvalue weighted by Gasteiger charge is 2.21. The van der Waals surface area contributed by atoms with E-state index < -0.39 is 10.0 Å². The standard InChI is InChI=1S/C14H18N2O2S/c15-10-13-8-4-5-9-14(13)16-19(17,18)11-12-6-2-1-3-7-12/h4-5,8-9,12,16H,1-3,6-7,11H2. The number of hydrogen-bond acceptors (Lipinski definition) is 3. The third-order valence-corrected chi connectivity index (χ3v) is 4.93. The van der Waals surface area contributed by atoms with Crippen LogP contribution in [0.2, 0.25) is 0 Å².